The van der Waals surface area contributed by atoms with Crippen LogP contribution in [0.1, 0.15) is 38.4 Å². The Morgan fingerprint density at radius 1 is 1.37 bits per heavy atom. The molecule has 106 valence electrons. The Labute approximate surface area is 116 Å². The molecule has 1 aromatic rings. The van der Waals surface area contributed by atoms with Gasteiger partial charge < -0.3 is 10.2 Å². The quantitative estimate of drug-likeness (QED) is 0.904. The molecule has 2 atom stereocenters. The van der Waals surface area contributed by atoms with Crippen LogP contribution in [0, 0.1) is 18.8 Å². The van der Waals surface area contributed by atoms with Crippen molar-refractivity contribution in [3.63, 3.8) is 0 Å². The second-order valence-corrected chi connectivity index (χ2v) is 5.75. The van der Waals surface area contributed by atoms with Gasteiger partial charge in [0, 0.05) is 37.1 Å². The van der Waals surface area contributed by atoms with Gasteiger partial charge in [0.2, 0.25) is 5.95 Å². The molecule has 0 aromatic carbocycles. The molecule has 2 unspecified atom stereocenters. The maximum atomic E-state index is 4.68. The average molecular weight is 262 g/mol. The topological polar surface area (TPSA) is 41.1 Å². The Balaban J connectivity index is 2.07. The Morgan fingerprint density at radius 3 is 2.79 bits per heavy atom. The van der Waals surface area contributed by atoms with Crippen LogP contribution < -0.4 is 10.2 Å². The van der Waals surface area contributed by atoms with Gasteiger partial charge in [-0.05, 0) is 31.7 Å². The van der Waals surface area contributed by atoms with E-state index in [1.807, 2.05) is 6.20 Å². The van der Waals surface area contributed by atoms with Crippen molar-refractivity contribution in [1.29, 1.82) is 0 Å². The lowest BCUT2D eigenvalue weighted by Gasteiger charge is -2.35. The number of aryl methyl sites for hydroxylation is 1. The average Bonchev–Trinajstić information content (AvgIpc) is 2.40. The largest absolute Gasteiger partial charge is 0.341 e. The maximum Gasteiger partial charge on any atom is 0.225 e. The van der Waals surface area contributed by atoms with E-state index in [-0.39, 0.29) is 0 Å². The molecule has 4 nitrogen and oxygen atoms in total. The summed E-state index contributed by atoms with van der Waals surface area (Å²) in [5.74, 6) is 2.43. The summed E-state index contributed by atoms with van der Waals surface area (Å²) in [6, 6.07) is 0. The molecule has 0 aliphatic carbocycles. The van der Waals surface area contributed by atoms with Gasteiger partial charge in [0.1, 0.15) is 0 Å². The van der Waals surface area contributed by atoms with E-state index < -0.39 is 0 Å². The first-order chi connectivity index (χ1) is 9.11. The van der Waals surface area contributed by atoms with E-state index in [1.165, 1.54) is 12.0 Å². The lowest BCUT2D eigenvalue weighted by Crippen LogP contribution is -2.39. The minimum absolute atomic E-state index is 0.721. The number of nitrogens with one attached hydrogen (secondary N) is 1. The first-order valence-corrected chi connectivity index (χ1v) is 7.40. The standard InChI is InChI=1S/C15H26N4/c1-5-16-8-14-9-17-15(18-13(14)4)19-7-6-11(2)12(3)10-19/h9,11-12,16H,5-8,10H2,1-4H3. The Hall–Kier alpha value is -1.16. The van der Waals surface area contributed by atoms with Gasteiger partial charge in [-0.25, -0.2) is 9.97 Å². The minimum Gasteiger partial charge on any atom is -0.341 e. The van der Waals surface area contributed by atoms with Crippen LogP contribution >= 0.6 is 0 Å². The van der Waals surface area contributed by atoms with Gasteiger partial charge in [0.15, 0.2) is 0 Å². The number of nitrogens with zero attached hydrogens (tertiary/aromatic N) is 3. The van der Waals surface area contributed by atoms with Crippen LogP contribution in [-0.2, 0) is 6.54 Å². The molecular weight excluding hydrogens is 236 g/mol. The number of aromatic nitrogens is 2. The number of hydrogen-bond acceptors (Lipinski definition) is 4. The fourth-order valence-electron chi connectivity index (χ4n) is 2.51. The zero-order valence-corrected chi connectivity index (χ0v) is 12.6. The number of anilines is 1. The first kappa shape index (κ1) is 14.3. The van der Waals surface area contributed by atoms with Crippen LogP contribution in [0.15, 0.2) is 6.20 Å². The summed E-state index contributed by atoms with van der Waals surface area (Å²) in [6.45, 7) is 12.8. The zero-order chi connectivity index (χ0) is 13.8. The lowest BCUT2D eigenvalue weighted by molar-refractivity contribution is 0.321. The van der Waals surface area contributed by atoms with Crippen molar-refractivity contribution in [2.75, 3.05) is 24.5 Å². The summed E-state index contributed by atoms with van der Waals surface area (Å²) in [4.78, 5) is 11.6. The molecule has 0 spiro atoms. The van der Waals surface area contributed by atoms with E-state index >= 15 is 0 Å². The molecule has 1 aliphatic rings. The van der Waals surface area contributed by atoms with E-state index in [0.29, 0.717) is 0 Å². The molecule has 4 heteroatoms. The van der Waals surface area contributed by atoms with Crippen molar-refractivity contribution in [3.05, 3.63) is 17.5 Å². The Bertz CT molecular complexity index is 419. The van der Waals surface area contributed by atoms with E-state index in [2.05, 4.69) is 47.9 Å². The summed E-state index contributed by atoms with van der Waals surface area (Å²) >= 11 is 0. The Morgan fingerprint density at radius 2 is 2.16 bits per heavy atom. The van der Waals surface area contributed by atoms with Crippen molar-refractivity contribution in [2.24, 2.45) is 11.8 Å². The molecule has 1 aliphatic heterocycles. The number of rotatable bonds is 4. The summed E-state index contributed by atoms with van der Waals surface area (Å²) in [6.07, 6.45) is 3.21. The smallest absolute Gasteiger partial charge is 0.225 e. The summed E-state index contributed by atoms with van der Waals surface area (Å²) in [5, 5.41) is 3.32. The highest BCUT2D eigenvalue weighted by atomic mass is 15.3. The van der Waals surface area contributed by atoms with Crippen LogP contribution in [0.4, 0.5) is 5.95 Å². The first-order valence-electron chi connectivity index (χ1n) is 7.40. The maximum absolute atomic E-state index is 4.68. The summed E-state index contributed by atoms with van der Waals surface area (Å²) in [5.41, 5.74) is 2.29. The molecule has 1 aromatic heterocycles. The molecule has 0 bridgehead atoms. The van der Waals surface area contributed by atoms with Gasteiger partial charge in [0.05, 0.1) is 0 Å². The number of piperidine rings is 1. The van der Waals surface area contributed by atoms with Gasteiger partial charge in [-0.2, -0.15) is 0 Å². The number of hydrogen-bond donors (Lipinski definition) is 1. The second kappa shape index (κ2) is 6.33. The van der Waals surface area contributed by atoms with Crippen molar-refractivity contribution >= 4 is 5.95 Å². The SMILES string of the molecule is CCNCc1cnc(N2CCC(C)C(C)C2)nc1C. The fourth-order valence-corrected chi connectivity index (χ4v) is 2.51. The van der Waals surface area contributed by atoms with Crippen molar-refractivity contribution < 1.29 is 0 Å². The second-order valence-electron chi connectivity index (χ2n) is 5.75. The highest BCUT2D eigenvalue weighted by molar-refractivity contribution is 5.33. The summed E-state index contributed by atoms with van der Waals surface area (Å²) in [7, 11) is 0. The third-order valence-electron chi connectivity index (χ3n) is 4.25. The van der Waals surface area contributed by atoms with E-state index in [4.69, 9.17) is 0 Å². The molecule has 0 saturated carbocycles. The van der Waals surface area contributed by atoms with Gasteiger partial charge >= 0.3 is 0 Å². The van der Waals surface area contributed by atoms with Crippen LogP contribution in [0.5, 0.6) is 0 Å². The third-order valence-corrected chi connectivity index (χ3v) is 4.25. The molecule has 2 heterocycles. The molecule has 1 saturated heterocycles. The molecular formula is C15H26N4. The van der Waals surface area contributed by atoms with E-state index in [1.54, 1.807) is 0 Å². The van der Waals surface area contributed by atoms with E-state index in [9.17, 15) is 0 Å². The van der Waals surface area contributed by atoms with Gasteiger partial charge in [0.25, 0.3) is 0 Å². The van der Waals surface area contributed by atoms with Crippen LogP contribution in [0.25, 0.3) is 0 Å². The fraction of sp³-hybridized carbons (Fsp3) is 0.733. The highest BCUT2D eigenvalue weighted by Gasteiger charge is 2.24. The molecule has 1 N–H and O–H groups in total. The van der Waals surface area contributed by atoms with Gasteiger partial charge in [-0.15, -0.1) is 0 Å². The van der Waals surface area contributed by atoms with Crippen molar-refractivity contribution in [2.45, 2.75) is 40.7 Å². The highest BCUT2D eigenvalue weighted by Crippen LogP contribution is 2.25. The van der Waals surface area contributed by atoms with Crippen LogP contribution in [0.3, 0.4) is 0 Å². The molecule has 0 radical (unpaired) electrons. The van der Waals surface area contributed by atoms with Gasteiger partial charge in [-0.3, -0.25) is 0 Å². The molecule has 19 heavy (non-hydrogen) atoms. The zero-order valence-electron chi connectivity index (χ0n) is 12.6. The summed E-state index contributed by atoms with van der Waals surface area (Å²) < 4.78 is 0. The van der Waals surface area contributed by atoms with E-state index in [0.717, 1.165) is 49.7 Å². The monoisotopic (exact) mass is 262 g/mol. The molecule has 0 amide bonds. The van der Waals surface area contributed by atoms with Gasteiger partial charge in [-0.1, -0.05) is 20.8 Å². The Kier molecular flexibility index (Phi) is 4.75. The third kappa shape index (κ3) is 3.44. The van der Waals surface area contributed by atoms with Crippen LogP contribution in [0.2, 0.25) is 0 Å². The predicted octanol–water partition coefficient (Wildman–Crippen LogP) is 2.38. The molecule has 2 rings (SSSR count). The normalized spacial score (nSPS) is 23.7. The predicted molar refractivity (Wildman–Crippen MR) is 79.3 cm³/mol. The van der Waals surface area contributed by atoms with Crippen molar-refractivity contribution in [1.82, 2.24) is 15.3 Å². The molecule has 1 fully saturated rings. The minimum atomic E-state index is 0.721. The lowest BCUT2D eigenvalue weighted by atomic mass is 9.89. The van der Waals surface area contributed by atoms with Crippen LogP contribution in [-0.4, -0.2) is 29.6 Å². The van der Waals surface area contributed by atoms with Crippen molar-refractivity contribution in [3.8, 4) is 0 Å².